The maximum Gasteiger partial charge on any atom is 0.247 e. The highest BCUT2D eigenvalue weighted by atomic mass is 79.9. The molecule has 0 saturated carbocycles. The van der Waals surface area contributed by atoms with Gasteiger partial charge in [-0.05, 0) is 48.2 Å². The predicted octanol–water partition coefficient (Wildman–Crippen LogP) is 2.84. The molecule has 0 amide bonds. The third kappa shape index (κ3) is 2.71. The van der Waals surface area contributed by atoms with Gasteiger partial charge in [-0.1, -0.05) is 6.92 Å². The van der Waals surface area contributed by atoms with Crippen molar-refractivity contribution in [3.63, 3.8) is 0 Å². The Morgan fingerprint density at radius 1 is 1.50 bits per heavy atom. The highest BCUT2D eigenvalue weighted by molar-refractivity contribution is 9.10. The molecule has 2 rings (SSSR count). The van der Waals surface area contributed by atoms with Gasteiger partial charge in [-0.3, -0.25) is 0 Å². The van der Waals surface area contributed by atoms with E-state index in [1.807, 2.05) is 13.8 Å². The van der Waals surface area contributed by atoms with Crippen LogP contribution in [0, 0.1) is 0 Å². The fourth-order valence-electron chi connectivity index (χ4n) is 2.78. The van der Waals surface area contributed by atoms with Crippen LogP contribution < -0.4 is 5.32 Å². The third-order valence-electron chi connectivity index (χ3n) is 3.79. The molecule has 112 valence electrons. The van der Waals surface area contributed by atoms with Crippen molar-refractivity contribution in [2.24, 2.45) is 0 Å². The van der Waals surface area contributed by atoms with Gasteiger partial charge in [0.15, 0.2) is 0 Å². The lowest BCUT2D eigenvalue weighted by Gasteiger charge is -2.27. The number of hydrogen-bond donors (Lipinski definition) is 1. The highest BCUT2D eigenvalue weighted by Gasteiger charge is 2.40. The van der Waals surface area contributed by atoms with E-state index in [0.717, 1.165) is 19.3 Å². The molecule has 0 aromatic carbocycles. The first-order chi connectivity index (χ1) is 9.41. The van der Waals surface area contributed by atoms with E-state index >= 15 is 0 Å². The van der Waals surface area contributed by atoms with Gasteiger partial charge in [0.1, 0.15) is 10.7 Å². The Bertz CT molecular complexity index is 591. The zero-order chi connectivity index (χ0) is 14.9. The monoisotopic (exact) mass is 361 g/mol. The van der Waals surface area contributed by atoms with E-state index in [9.17, 15) is 8.42 Å². The van der Waals surface area contributed by atoms with Crippen LogP contribution in [0.1, 0.15) is 33.1 Å². The SMILES string of the molecule is CCC1CCC(C)N1S(=O)(=O)c1cc(Br)cnc1NC. The standard InChI is InChI=1S/C13H20BrN3O2S/c1-4-11-6-5-9(2)17(11)20(18,19)12-7-10(14)8-16-13(12)15-3/h7-9,11H,4-6H2,1-3H3,(H,15,16). The Balaban J connectivity index is 2.52. The molecule has 1 saturated heterocycles. The van der Waals surface area contributed by atoms with Crippen LogP contribution in [0.25, 0.3) is 0 Å². The summed E-state index contributed by atoms with van der Waals surface area (Å²) >= 11 is 3.30. The van der Waals surface area contributed by atoms with E-state index in [0.29, 0.717) is 10.3 Å². The lowest BCUT2D eigenvalue weighted by atomic mass is 10.2. The molecule has 0 aliphatic carbocycles. The Morgan fingerprint density at radius 3 is 2.80 bits per heavy atom. The molecule has 2 heterocycles. The predicted molar refractivity (Wildman–Crippen MR) is 83.3 cm³/mol. The number of anilines is 1. The smallest absolute Gasteiger partial charge is 0.247 e. The zero-order valence-electron chi connectivity index (χ0n) is 11.9. The molecule has 0 bridgehead atoms. The van der Waals surface area contributed by atoms with Crippen molar-refractivity contribution in [3.8, 4) is 0 Å². The topological polar surface area (TPSA) is 62.3 Å². The van der Waals surface area contributed by atoms with Crippen LogP contribution in [0.5, 0.6) is 0 Å². The molecule has 1 aliphatic rings. The van der Waals surface area contributed by atoms with E-state index in [1.54, 1.807) is 23.6 Å². The Hall–Kier alpha value is -0.660. The second-order valence-corrected chi connectivity index (χ2v) is 7.80. The van der Waals surface area contributed by atoms with Crippen LogP contribution in [0.3, 0.4) is 0 Å². The van der Waals surface area contributed by atoms with E-state index < -0.39 is 10.0 Å². The van der Waals surface area contributed by atoms with Crippen LogP contribution in [-0.4, -0.2) is 36.8 Å². The van der Waals surface area contributed by atoms with Crippen molar-refractivity contribution in [3.05, 3.63) is 16.7 Å². The summed E-state index contributed by atoms with van der Waals surface area (Å²) in [7, 11) is -1.86. The first-order valence-electron chi connectivity index (χ1n) is 6.78. The lowest BCUT2D eigenvalue weighted by Crippen LogP contribution is -2.39. The molecule has 0 spiro atoms. The molecule has 1 N–H and O–H groups in total. The molecule has 1 aromatic rings. The first-order valence-corrected chi connectivity index (χ1v) is 9.02. The van der Waals surface area contributed by atoms with Gasteiger partial charge in [0.05, 0.1) is 0 Å². The molecule has 2 unspecified atom stereocenters. The number of nitrogens with one attached hydrogen (secondary N) is 1. The maximum atomic E-state index is 13.0. The fourth-order valence-corrected chi connectivity index (χ4v) is 5.39. The Labute approximate surface area is 129 Å². The quantitative estimate of drug-likeness (QED) is 0.895. The van der Waals surface area contributed by atoms with Crippen molar-refractivity contribution in [2.75, 3.05) is 12.4 Å². The number of aromatic nitrogens is 1. The molecular formula is C13H20BrN3O2S. The van der Waals surface area contributed by atoms with Gasteiger partial charge in [-0.15, -0.1) is 0 Å². The summed E-state index contributed by atoms with van der Waals surface area (Å²) in [6.07, 6.45) is 4.26. The minimum Gasteiger partial charge on any atom is -0.372 e. The summed E-state index contributed by atoms with van der Waals surface area (Å²) in [4.78, 5) is 4.38. The first kappa shape index (κ1) is 15.7. The van der Waals surface area contributed by atoms with Gasteiger partial charge < -0.3 is 5.32 Å². The van der Waals surface area contributed by atoms with Crippen LogP contribution in [0.4, 0.5) is 5.82 Å². The average Bonchev–Trinajstić information content (AvgIpc) is 2.80. The van der Waals surface area contributed by atoms with Crippen LogP contribution in [-0.2, 0) is 10.0 Å². The molecule has 1 aliphatic heterocycles. The molecule has 1 aromatic heterocycles. The number of halogens is 1. The average molecular weight is 362 g/mol. The summed E-state index contributed by atoms with van der Waals surface area (Å²) in [6, 6.07) is 1.73. The number of sulfonamides is 1. The van der Waals surface area contributed by atoms with Crippen LogP contribution in [0.15, 0.2) is 21.6 Å². The minimum absolute atomic E-state index is 0.0358. The van der Waals surface area contributed by atoms with E-state index in [-0.39, 0.29) is 17.0 Å². The van der Waals surface area contributed by atoms with Crippen LogP contribution in [0.2, 0.25) is 0 Å². The van der Waals surface area contributed by atoms with Crippen molar-refractivity contribution in [1.29, 1.82) is 0 Å². The van der Waals surface area contributed by atoms with Gasteiger partial charge in [-0.25, -0.2) is 13.4 Å². The van der Waals surface area contributed by atoms with Gasteiger partial charge in [0.2, 0.25) is 10.0 Å². The number of hydrogen-bond acceptors (Lipinski definition) is 4. The van der Waals surface area contributed by atoms with Gasteiger partial charge >= 0.3 is 0 Å². The molecule has 7 heteroatoms. The number of rotatable bonds is 4. The van der Waals surface area contributed by atoms with Crippen molar-refractivity contribution in [1.82, 2.24) is 9.29 Å². The fraction of sp³-hybridized carbons (Fsp3) is 0.615. The second kappa shape index (κ2) is 5.99. The molecule has 5 nitrogen and oxygen atoms in total. The number of pyridine rings is 1. The number of nitrogens with zero attached hydrogens (tertiary/aromatic N) is 2. The minimum atomic E-state index is -3.54. The summed E-state index contributed by atoms with van der Waals surface area (Å²) in [5.41, 5.74) is 0. The molecule has 2 atom stereocenters. The summed E-state index contributed by atoms with van der Waals surface area (Å²) in [5.74, 6) is 0.391. The van der Waals surface area contributed by atoms with Crippen LogP contribution >= 0.6 is 15.9 Å². The second-order valence-electron chi connectivity index (χ2n) is 5.07. The lowest BCUT2D eigenvalue weighted by molar-refractivity contribution is 0.329. The molecule has 20 heavy (non-hydrogen) atoms. The van der Waals surface area contributed by atoms with Gasteiger partial charge in [-0.2, -0.15) is 4.31 Å². The summed E-state index contributed by atoms with van der Waals surface area (Å²) in [6.45, 7) is 4.00. The van der Waals surface area contributed by atoms with E-state index in [1.165, 1.54) is 0 Å². The highest BCUT2D eigenvalue weighted by Crippen LogP contribution is 2.35. The third-order valence-corrected chi connectivity index (χ3v) is 6.31. The molecular weight excluding hydrogens is 342 g/mol. The van der Waals surface area contributed by atoms with E-state index in [4.69, 9.17) is 0 Å². The summed E-state index contributed by atoms with van der Waals surface area (Å²) < 4.78 is 28.3. The van der Waals surface area contributed by atoms with Crippen molar-refractivity contribution >= 4 is 31.8 Å². The maximum absolute atomic E-state index is 13.0. The Morgan fingerprint density at radius 2 is 2.20 bits per heavy atom. The molecule has 0 radical (unpaired) electrons. The summed E-state index contributed by atoms with van der Waals surface area (Å²) in [5, 5.41) is 2.86. The zero-order valence-corrected chi connectivity index (χ0v) is 14.3. The van der Waals surface area contributed by atoms with Gasteiger partial charge in [0.25, 0.3) is 0 Å². The Kier molecular flexibility index (Phi) is 4.71. The van der Waals surface area contributed by atoms with Crippen molar-refractivity contribution in [2.45, 2.75) is 50.1 Å². The molecule has 1 fully saturated rings. The van der Waals surface area contributed by atoms with E-state index in [2.05, 4.69) is 26.2 Å². The largest absolute Gasteiger partial charge is 0.372 e. The van der Waals surface area contributed by atoms with Crippen molar-refractivity contribution < 1.29 is 8.42 Å². The normalized spacial score (nSPS) is 24.0. The van der Waals surface area contributed by atoms with Gasteiger partial charge in [0, 0.05) is 29.8 Å².